The fourth-order valence-electron chi connectivity index (χ4n) is 5.71. The molecule has 0 aliphatic rings. The van der Waals surface area contributed by atoms with E-state index < -0.39 is 0 Å². The van der Waals surface area contributed by atoms with Crippen LogP contribution in [0.5, 0.6) is 0 Å². The van der Waals surface area contributed by atoms with E-state index in [4.69, 9.17) is 9.40 Å². The molecule has 0 atom stereocenters. The maximum absolute atomic E-state index is 6.50. The van der Waals surface area contributed by atoms with Crippen LogP contribution in [0, 0.1) is 0 Å². The molecule has 0 aliphatic heterocycles. The van der Waals surface area contributed by atoms with E-state index >= 15 is 0 Å². The number of aromatic nitrogens is 2. The van der Waals surface area contributed by atoms with Crippen molar-refractivity contribution in [3.63, 3.8) is 0 Å². The SMILES string of the molecule is c1ccc2c(c1)oc1c2ccc2c3ccccc3n(-c3nc4ccc5sc6ccccc6c5c4s3)c21. The van der Waals surface area contributed by atoms with Gasteiger partial charge < -0.3 is 4.42 Å². The fourth-order valence-corrected chi connectivity index (χ4v) is 8.03. The van der Waals surface area contributed by atoms with Crippen LogP contribution in [0.2, 0.25) is 0 Å². The summed E-state index contributed by atoms with van der Waals surface area (Å²) < 4.78 is 12.7. The van der Waals surface area contributed by atoms with Crippen molar-refractivity contribution in [1.29, 1.82) is 0 Å². The maximum Gasteiger partial charge on any atom is 0.195 e. The van der Waals surface area contributed by atoms with Crippen molar-refractivity contribution < 1.29 is 4.42 Å². The highest BCUT2D eigenvalue weighted by molar-refractivity contribution is 7.28. The predicted molar refractivity (Wildman–Crippen MR) is 154 cm³/mol. The lowest BCUT2D eigenvalue weighted by Gasteiger charge is -2.03. The molecule has 0 N–H and O–H groups in total. The molecule has 0 saturated heterocycles. The number of hydrogen-bond acceptors (Lipinski definition) is 4. The zero-order valence-electron chi connectivity index (χ0n) is 18.9. The molecule has 0 amide bonds. The first-order valence-electron chi connectivity index (χ1n) is 11.9. The molecule has 0 unspecified atom stereocenters. The van der Waals surface area contributed by atoms with Gasteiger partial charge in [0.05, 0.1) is 21.3 Å². The van der Waals surface area contributed by atoms with Crippen LogP contribution in [0.4, 0.5) is 0 Å². The van der Waals surface area contributed by atoms with Gasteiger partial charge in [-0.05, 0) is 36.4 Å². The Kier molecular flexibility index (Phi) is 3.56. The molecule has 0 radical (unpaired) electrons. The molecule has 36 heavy (non-hydrogen) atoms. The lowest BCUT2D eigenvalue weighted by Crippen LogP contribution is -1.92. The Hall–Kier alpha value is -4.19. The third-order valence-electron chi connectivity index (χ3n) is 7.26. The van der Waals surface area contributed by atoms with E-state index in [1.807, 2.05) is 23.5 Å². The Labute approximate surface area is 212 Å². The Morgan fingerprint density at radius 3 is 2.33 bits per heavy atom. The van der Waals surface area contributed by atoms with Gasteiger partial charge in [0.25, 0.3) is 0 Å². The van der Waals surface area contributed by atoms with Gasteiger partial charge in [-0.1, -0.05) is 72.0 Å². The van der Waals surface area contributed by atoms with Gasteiger partial charge in [-0.15, -0.1) is 11.3 Å². The molecule has 0 aliphatic carbocycles. The first-order chi connectivity index (χ1) is 17.8. The molecule has 5 aromatic carbocycles. The van der Waals surface area contributed by atoms with E-state index in [0.717, 1.165) is 43.6 Å². The van der Waals surface area contributed by atoms with Crippen LogP contribution in [-0.4, -0.2) is 9.55 Å². The van der Waals surface area contributed by atoms with E-state index in [0.29, 0.717) is 0 Å². The van der Waals surface area contributed by atoms with Gasteiger partial charge in [0, 0.05) is 41.7 Å². The summed E-state index contributed by atoms with van der Waals surface area (Å²) in [5.74, 6) is 0. The number of fused-ring (bicyclic) bond motifs is 12. The van der Waals surface area contributed by atoms with Gasteiger partial charge in [-0.2, -0.15) is 0 Å². The highest BCUT2D eigenvalue weighted by Crippen LogP contribution is 2.44. The second kappa shape index (κ2) is 6.72. The average molecular weight is 497 g/mol. The Balaban J connectivity index is 1.47. The second-order valence-corrected chi connectivity index (χ2v) is 11.2. The summed E-state index contributed by atoms with van der Waals surface area (Å²) in [5.41, 5.74) is 5.08. The molecule has 0 fully saturated rings. The van der Waals surface area contributed by atoms with Crippen molar-refractivity contribution >= 4 is 96.8 Å². The van der Waals surface area contributed by atoms with Crippen molar-refractivity contribution in [2.45, 2.75) is 0 Å². The number of hydrogen-bond donors (Lipinski definition) is 0. The number of para-hydroxylation sites is 2. The van der Waals surface area contributed by atoms with Crippen LogP contribution < -0.4 is 0 Å². The minimum atomic E-state index is 0.910. The summed E-state index contributed by atoms with van der Waals surface area (Å²) in [6.45, 7) is 0. The number of rotatable bonds is 1. The van der Waals surface area contributed by atoms with Crippen LogP contribution in [0.3, 0.4) is 0 Å². The molecule has 4 aromatic heterocycles. The molecule has 4 heterocycles. The number of thiazole rings is 1. The molecule has 5 heteroatoms. The van der Waals surface area contributed by atoms with Crippen LogP contribution in [0.1, 0.15) is 0 Å². The summed E-state index contributed by atoms with van der Waals surface area (Å²) in [6.07, 6.45) is 0. The summed E-state index contributed by atoms with van der Waals surface area (Å²) in [4.78, 5) is 5.20. The Bertz CT molecular complexity index is 2330. The van der Waals surface area contributed by atoms with Gasteiger partial charge in [0.15, 0.2) is 10.7 Å². The van der Waals surface area contributed by atoms with Crippen molar-refractivity contribution in [1.82, 2.24) is 9.55 Å². The molecule has 0 spiro atoms. The molecule has 0 saturated carbocycles. The molecule has 9 rings (SSSR count). The summed E-state index contributed by atoms with van der Waals surface area (Å²) in [6, 6.07) is 34.4. The topological polar surface area (TPSA) is 31.0 Å². The summed E-state index contributed by atoms with van der Waals surface area (Å²) >= 11 is 3.62. The smallest absolute Gasteiger partial charge is 0.195 e. The third kappa shape index (κ3) is 2.34. The Morgan fingerprint density at radius 2 is 1.39 bits per heavy atom. The monoisotopic (exact) mass is 496 g/mol. The minimum absolute atomic E-state index is 0.910. The number of nitrogens with zero attached hydrogens (tertiary/aromatic N) is 2. The second-order valence-electron chi connectivity index (χ2n) is 9.17. The lowest BCUT2D eigenvalue weighted by atomic mass is 10.1. The molecule has 168 valence electrons. The van der Waals surface area contributed by atoms with E-state index in [2.05, 4.69) is 89.5 Å². The average Bonchev–Trinajstić information content (AvgIpc) is 3.67. The lowest BCUT2D eigenvalue weighted by molar-refractivity contribution is 0.671. The molecule has 9 aromatic rings. The third-order valence-corrected chi connectivity index (χ3v) is 9.47. The van der Waals surface area contributed by atoms with Gasteiger partial charge in [-0.25, -0.2) is 4.98 Å². The highest BCUT2D eigenvalue weighted by atomic mass is 32.1. The van der Waals surface area contributed by atoms with Crippen molar-refractivity contribution in [2.75, 3.05) is 0 Å². The zero-order valence-corrected chi connectivity index (χ0v) is 20.5. The zero-order chi connectivity index (χ0) is 23.4. The first-order valence-corrected chi connectivity index (χ1v) is 13.5. The van der Waals surface area contributed by atoms with Gasteiger partial charge in [0.1, 0.15) is 5.58 Å². The molecule has 0 bridgehead atoms. The molecule has 3 nitrogen and oxygen atoms in total. The minimum Gasteiger partial charge on any atom is -0.454 e. The van der Waals surface area contributed by atoms with Crippen molar-refractivity contribution in [3.8, 4) is 5.13 Å². The highest BCUT2D eigenvalue weighted by Gasteiger charge is 2.21. The van der Waals surface area contributed by atoms with E-state index in [1.165, 1.54) is 35.6 Å². The standard InChI is InChI=1S/C31H16N2OS2/c1-4-10-23-17(7-1)19-13-14-20-18-8-2-5-11-24(18)34-29(20)28(19)33(23)31-32-22-15-16-26-27(30(22)36-31)21-9-3-6-12-25(21)35-26/h1-16H. The Morgan fingerprint density at radius 1 is 0.611 bits per heavy atom. The summed E-state index contributed by atoms with van der Waals surface area (Å²) in [7, 11) is 0. The van der Waals surface area contributed by atoms with Crippen LogP contribution in [-0.2, 0) is 0 Å². The van der Waals surface area contributed by atoms with E-state index in [-0.39, 0.29) is 0 Å². The van der Waals surface area contributed by atoms with Gasteiger partial charge in [-0.3, -0.25) is 4.57 Å². The number of benzene rings is 5. The van der Waals surface area contributed by atoms with Crippen molar-refractivity contribution in [2.24, 2.45) is 0 Å². The largest absolute Gasteiger partial charge is 0.454 e. The maximum atomic E-state index is 6.50. The predicted octanol–water partition coefficient (Wildman–Crippen LogP) is 9.66. The fraction of sp³-hybridized carbons (Fsp3) is 0. The quantitative estimate of drug-likeness (QED) is 0.226. The molecular formula is C31H16N2OS2. The normalized spacial score (nSPS) is 12.4. The molecular weight excluding hydrogens is 480 g/mol. The number of furan rings is 1. The van der Waals surface area contributed by atoms with Crippen LogP contribution >= 0.6 is 22.7 Å². The van der Waals surface area contributed by atoms with Gasteiger partial charge in [0.2, 0.25) is 0 Å². The first kappa shape index (κ1) is 19.1. The number of thiophene rings is 1. The van der Waals surface area contributed by atoms with E-state index in [9.17, 15) is 0 Å². The van der Waals surface area contributed by atoms with Gasteiger partial charge >= 0.3 is 0 Å². The summed E-state index contributed by atoms with van der Waals surface area (Å²) in [5, 5.41) is 8.25. The van der Waals surface area contributed by atoms with Crippen LogP contribution in [0.25, 0.3) is 79.3 Å². The van der Waals surface area contributed by atoms with Crippen LogP contribution in [0.15, 0.2) is 101 Å². The van der Waals surface area contributed by atoms with Crippen molar-refractivity contribution in [3.05, 3.63) is 97.1 Å². The van der Waals surface area contributed by atoms with E-state index in [1.54, 1.807) is 11.3 Å².